The summed E-state index contributed by atoms with van der Waals surface area (Å²) in [6, 6.07) is 3.88. The van der Waals surface area contributed by atoms with Crippen LogP contribution in [0.1, 0.15) is 44.1 Å². The number of carbonyl (C=O) groups excluding carboxylic acids is 2. The number of nitrogens with one attached hydrogen (secondary N) is 1. The molecule has 126 valence electrons. The van der Waals surface area contributed by atoms with Crippen molar-refractivity contribution in [2.24, 2.45) is 0 Å². The molecule has 0 unspecified atom stereocenters. The number of pyridine rings is 1. The summed E-state index contributed by atoms with van der Waals surface area (Å²) < 4.78 is 4.67. The minimum atomic E-state index is -0.310. The van der Waals surface area contributed by atoms with E-state index >= 15 is 0 Å². The zero-order valence-corrected chi connectivity index (χ0v) is 13.7. The van der Waals surface area contributed by atoms with Gasteiger partial charge in [0.15, 0.2) is 0 Å². The van der Waals surface area contributed by atoms with Crippen molar-refractivity contribution in [3.8, 4) is 0 Å². The van der Waals surface area contributed by atoms with Gasteiger partial charge >= 0.3 is 12.0 Å². The fourth-order valence-electron chi connectivity index (χ4n) is 2.80. The molecular formula is C17H25N3O3. The first-order chi connectivity index (χ1) is 11.2. The van der Waals surface area contributed by atoms with E-state index in [-0.39, 0.29) is 24.5 Å². The smallest absolute Gasteiger partial charge is 0.317 e. The zero-order valence-electron chi connectivity index (χ0n) is 13.7. The first kappa shape index (κ1) is 17.2. The quantitative estimate of drug-likeness (QED) is 0.818. The van der Waals surface area contributed by atoms with Gasteiger partial charge < -0.3 is 15.0 Å². The molecule has 0 aliphatic heterocycles. The third-order valence-electron chi connectivity index (χ3n) is 4.16. The van der Waals surface area contributed by atoms with Gasteiger partial charge in [-0.15, -0.1) is 0 Å². The second kappa shape index (κ2) is 9.12. The lowest BCUT2D eigenvalue weighted by atomic mass is 9.96. The number of nitrogens with zero attached hydrogens (tertiary/aromatic N) is 2. The minimum Gasteiger partial charge on any atom is -0.469 e. The molecular weight excluding hydrogens is 294 g/mol. The molecule has 0 aromatic carbocycles. The van der Waals surface area contributed by atoms with E-state index in [1.54, 1.807) is 17.3 Å². The number of amides is 2. The van der Waals surface area contributed by atoms with E-state index in [9.17, 15) is 9.59 Å². The van der Waals surface area contributed by atoms with Crippen LogP contribution in [-0.2, 0) is 16.1 Å². The maximum atomic E-state index is 12.6. The van der Waals surface area contributed by atoms with Gasteiger partial charge in [0.1, 0.15) is 0 Å². The molecule has 0 atom stereocenters. The molecule has 2 rings (SSSR count). The number of hydrogen-bond acceptors (Lipinski definition) is 4. The summed E-state index contributed by atoms with van der Waals surface area (Å²) in [6.45, 7) is 0.797. The lowest BCUT2D eigenvalue weighted by Crippen LogP contribution is -2.45. The van der Waals surface area contributed by atoms with Gasteiger partial charge in [-0.25, -0.2) is 4.79 Å². The Morgan fingerprint density at radius 2 is 1.96 bits per heavy atom. The summed E-state index contributed by atoms with van der Waals surface area (Å²) in [5, 5.41) is 3.10. The first-order valence-electron chi connectivity index (χ1n) is 8.20. The van der Waals surface area contributed by atoms with Gasteiger partial charge in [-0.05, 0) is 30.5 Å². The molecule has 1 heterocycles. The molecule has 23 heavy (non-hydrogen) atoms. The highest BCUT2D eigenvalue weighted by molar-refractivity contribution is 5.76. The van der Waals surface area contributed by atoms with E-state index < -0.39 is 0 Å². The van der Waals surface area contributed by atoms with Crippen molar-refractivity contribution in [2.45, 2.75) is 51.1 Å². The molecule has 1 saturated carbocycles. The van der Waals surface area contributed by atoms with Gasteiger partial charge in [0.05, 0.1) is 13.5 Å². The number of ether oxygens (including phenoxy) is 1. The summed E-state index contributed by atoms with van der Waals surface area (Å²) in [6.07, 6.45) is 9.24. The fourth-order valence-corrected chi connectivity index (χ4v) is 2.80. The molecule has 1 N–H and O–H groups in total. The molecule has 0 bridgehead atoms. The van der Waals surface area contributed by atoms with Gasteiger partial charge in [-0.1, -0.05) is 19.3 Å². The Balaban J connectivity index is 1.95. The van der Waals surface area contributed by atoms with Gasteiger partial charge in [0, 0.05) is 31.5 Å². The third-order valence-corrected chi connectivity index (χ3v) is 4.16. The van der Waals surface area contributed by atoms with Crippen LogP contribution in [0.4, 0.5) is 4.79 Å². The number of aromatic nitrogens is 1. The van der Waals surface area contributed by atoms with Gasteiger partial charge in [-0.3, -0.25) is 9.78 Å². The number of hydrogen-bond donors (Lipinski definition) is 1. The summed E-state index contributed by atoms with van der Waals surface area (Å²) in [5.74, 6) is -0.310. The standard InChI is InChI=1S/C17H25N3O3/c1-23-16(21)9-12-20(13-14-7-10-18-11-8-14)17(22)19-15-5-3-2-4-6-15/h7-8,10-11,15H,2-6,9,12-13H2,1H3,(H,19,22). The fraction of sp³-hybridized carbons (Fsp3) is 0.588. The molecule has 1 aliphatic carbocycles. The summed E-state index contributed by atoms with van der Waals surface area (Å²) >= 11 is 0. The summed E-state index contributed by atoms with van der Waals surface area (Å²) in [4.78, 5) is 29.6. The second-order valence-corrected chi connectivity index (χ2v) is 5.89. The van der Waals surface area contributed by atoms with Gasteiger partial charge in [-0.2, -0.15) is 0 Å². The highest BCUT2D eigenvalue weighted by Crippen LogP contribution is 2.18. The maximum absolute atomic E-state index is 12.6. The van der Waals surface area contributed by atoms with Crippen molar-refractivity contribution < 1.29 is 14.3 Å². The number of rotatable bonds is 6. The lowest BCUT2D eigenvalue weighted by Gasteiger charge is -2.28. The molecule has 6 heteroatoms. The van der Waals surface area contributed by atoms with Gasteiger partial charge in [0.25, 0.3) is 0 Å². The van der Waals surface area contributed by atoms with Crippen molar-refractivity contribution in [1.29, 1.82) is 0 Å². The number of esters is 1. The molecule has 0 saturated heterocycles. The molecule has 0 radical (unpaired) electrons. The first-order valence-corrected chi connectivity index (χ1v) is 8.20. The number of urea groups is 1. The van der Waals surface area contributed by atoms with Crippen LogP contribution in [0, 0.1) is 0 Å². The minimum absolute atomic E-state index is 0.113. The zero-order chi connectivity index (χ0) is 16.5. The third kappa shape index (κ3) is 5.88. The average molecular weight is 319 g/mol. The largest absolute Gasteiger partial charge is 0.469 e. The van der Waals surface area contributed by atoms with Crippen LogP contribution in [0.5, 0.6) is 0 Å². The predicted octanol–water partition coefficient (Wildman–Crippen LogP) is 2.49. The van der Waals surface area contributed by atoms with Crippen molar-refractivity contribution in [3.05, 3.63) is 30.1 Å². The van der Waals surface area contributed by atoms with Crippen molar-refractivity contribution in [3.63, 3.8) is 0 Å². The highest BCUT2D eigenvalue weighted by Gasteiger charge is 2.20. The Labute approximate surface area is 137 Å². The molecule has 0 spiro atoms. The van der Waals surface area contributed by atoms with Crippen molar-refractivity contribution >= 4 is 12.0 Å². The Morgan fingerprint density at radius 1 is 1.26 bits per heavy atom. The van der Waals surface area contributed by atoms with Crippen LogP contribution in [0.25, 0.3) is 0 Å². The topological polar surface area (TPSA) is 71.5 Å². The van der Waals surface area contributed by atoms with E-state index in [1.165, 1.54) is 13.5 Å². The second-order valence-electron chi connectivity index (χ2n) is 5.89. The molecule has 2 amide bonds. The van der Waals surface area contributed by atoms with Crippen LogP contribution in [-0.4, -0.2) is 41.6 Å². The van der Waals surface area contributed by atoms with Gasteiger partial charge in [0.2, 0.25) is 0 Å². The molecule has 1 aromatic heterocycles. The Hall–Kier alpha value is -2.11. The Morgan fingerprint density at radius 3 is 2.61 bits per heavy atom. The Bertz CT molecular complexity index is 501. The molecule has 1 aromatic rings. The van der Waals surface area contributed by atoms with Crippen LogP contribution in [0.3, 0.4) is 0 Å². The molecule has 6 nitrogen and oxygen atoms in total. The highest BCUT2D eigenvalue weighted by atomic mass is 16.5. The van der Waals surface area contributed by atoms with E-state index in [0.29, 0.717) is 13.1 Å². The van der Waals surface area contributed by atoms with E-state index in [4.69, 9.17) is 0 Å². The SMILES string of the molecule is COC(=O)CCN(Cc1ccncc1)C(=O)NC1CCCCC1. The van der Waals surface area contributed by atoms with E-state index in [1.807, 2.05) is 12.1 Å². The van der Waals surface area contributed by atoms with Crippen LogP contribution >= 0.6 is 0 Å². The van der Waals surface area contributed by atoms with Crippen LogP contribution in [0.15, 0.2) is 24.5 Å². The lowest BCUT2D eigenvalue weighted by molar-refractivity contribution is -0.140. The number of carbonyl (C=O) groups is 2. The van der Waals surface area contributed by atoms with E-state index in [0.717, 1.165) is 31.2 Å². The molecule has 1 aliphatic rings. The summed E-state index contributed by atoms with van der Waals surface area (Å²) in [5.41, 5.74) is 0.989. The normalized spacial score (nSPS) is 15.0. The molecule has 1 fully saturated rings. The average Bonchev–Trinajstić information content (AvgIpc) is 2.60. The predicted molar refractivity (Wildman–Crippen MR) is 86.7 cm³/mol. The van der Waals surface area contributed by atoms with Crippen LogP contribution in [0.2, 0.25) is 0 Å². The monoisotopic (exact) mass is 319 g/mol. The Kier molecular flexibility index (Phi) is 6.84. The van der Waals surface area contributed by atoms with Crippen molar-refractivity contribution in [2.75, 3.05) is 13.7 Å². The summed E-state index contributed by atoms with van der Waals surface area (Å²) in [7, 11) is 1.36. The number of methoxy groups -OCH3 is 1. The maximum Gasteiger partial charge on any atom is 0.317 e. The van der Waals surface area contributed by atoms with Crippen molar-refractivity contribution in [1.82, 2.24) is 15.2 Å². The van der Waals surface area contributed by atoms with E-state index in [2.05, 4.69) is 15.0 Å². The van der Waals surface area contributed by atoms with Crippen LogP contribution < -0.4 is 5.32 Å².